The summed E-state index contributed by atoms with van der Waals surface area (Å²) in [6.07, 6.45) is 0.601. The minimum atomic E-state index is -0.727. The van der Waals surface area contributed by atoms with Crippen molar-refractivity contribution < 1.29 is 9.50 Å². The van der Waals surface area contributed by atoms with Crippen LogP contribution in [0.25, 0.3) is 0 Å². The molecule has 0 aliphatic carbocycles. The fraction of sp³-hybridized carbons (Fsp3) is 0.286. The molecule has 0 bridgehead atoms. The van der Waals surface area contributed by atoms with Crippen molar-refractivity contribution in [2.45, 2.75) is 25.9 Å². The van der Waals surface area contributed by atoms with Gasteiger partial charge in [0.2, 0.25) is 0 Å². The average molecular weight is 250 g/mol. The van der Waals surface area contributed by atoms with E-state index in [4.69, 9.17) is 0 Å². The van der Waals surface area contributed by atoms with Gasteiger partial charge in [0, 0.05) is 5.56 Å². The molecule has 0 aliphatic heterocycles. The molecule has 3 heteroatoms. The molecule has 1 aromatic heterocycles. The Balaban J connectivity index is 2.04. The third kappa shape index (κ3) is 2.93. The number of benzene rings is 1. The number of halogens is 1. The second-order valence-electron chi connectivity index (χ2n) is 4.16. The Morgan fingerprint density at radius 1 is 1.35 bits per heavy atom. The van der Waals surface area contributed by atoms with Crippen LogP contribution < -0.4 is 0 Å². The zero-order valence-corrected chi connectivity index (χ0v) is 10.5. The molecule has 0 aliphatic rings. The van der Waals surface area contributed by atoms with Gasteiger partial charge in [-0.1, -0.05) is 18.2 Å². The van der Waals surface area contributed by atoms with Crippen molar-refractivity contribution in [2.75, 3.05) is 0 Å². The molecule has 0 fully saturated rings. The molecule has 1 unspecified atom stereocenters. The van der Waals surface area contributed by atoms with Gasteiger partial charge < -0.3 is 5.11 Å². The summed E-state index contributed by atoms with van der Waals surface area (Å²) in [7, 11) is 0. The van der Waals surface area contributed by atoms with E-state index in [1.54, 1.807) is 36.5 Å². The number of aryl methyl sites for hydroxylation is 2. The molecular formula is C14H15FOS. The van der Waals surface area contributed by atoms with Gasteiger partial charge >= 0.3 is 0 Å². The number of hydrogen-bond donors (Lipinski definition) is 1. The molecule has 1 aromatic carbocycles. The molecule has 17 heavy (non-hydrogen) atoms. The van der Waals surface area contributed by atoms with E-state index >= 15 is 0 Å². The van der Waals surface area contributed by atoms with Gasteiger partial charge in [-0.05, 0) is 47.7 Å². The summed E-state index contributed by atoms with van der Waals surface area (Å²) < 4.78 is 13.8. The van der Waals surface area contributed by atoms with Crippen molar-refractivity contribution in [3.8, 4) is 0 Å². The Morgan fingerprint density at radius 3 is 2.88 bits per heavy atom. The molecule has 1 N–H and O–H groups in total. The third-order valence-electron chi connectivity index (χ3n) is 2.87. The summed E-state index contributed by atoms with van der Waals surface area (Å²) in [5.41, 5.74) is 2.18. The Bertz CT molecular complexity index is 479. The first-order chi connectivity index (χ1) is 8.18. The van der Waals surface area contributed by atoms with Crippen LogP contribution in [0.2, 0.25) is 0 Å². The van der Waals surface area contributed by atoms with Crippen molar-refractivity contribution in [1.29, 1.82) is 0 Å². The smallest absolute Gasteiger partial charge is 0.131 e. The first kappa shape index (κ1) is 12.3. The molecule has 0 radical (unpaired) electrons. The third-order valence-corrected chi connectivity index (χ3v) is 3.60. The van der Waals surface area contributed by atoms with Crippen LogP contribution in [0, 0.1) is 12.7 Å². The highest BCUT2D eigenvalue weighted by Gasteiger charge is 2.13. The summed E-state index contributed by atoms with van der Waals surface area (Å²) in [5.74, 6) is -0.287. The first-order valence-corrected chi connectivity index (χ1v) is 6.57. The van der Waals surface area contributed by atoms with E-state index in [2.05, 4.69) is 5.38 Å². The van der Waals surface area contributed by atoms with Crippen LogP contribution in [0.5, 0.6) is 0 Å². The highest BCUT2D eigenvalue weighted by atomic mass is 32.1. The van der Waals surface area contributed by atoms with Gasteiger partial charge in [-0.3, -0.25) is 0 Å². The number of aliphatic hydroxyl groups is 1. The maximum Gasteiger partial charge on any atom is 0.131 e. The van der Waals surface area contributed by atoms with Crippen LogP contribution in [0.4, 0.5) is 4.39 Å². The average Bonchev–Trinajstić information content (AvgIpc) is 2.82. The first-order valence-electron chi connectivity index (χ1n) is 5.62. The summed E-state index contributed by atoms with van der Waals surface area (Å²) in [6.45, 7) is 1.71. The molecule has 1 atom stereocenters. The molecule has 0 saturated carbocycles. The maximum absolute atomic E-state index is 13.8. The lowest BCUT2D eigenvalue weighted by molar-refractivity contribution is 0.163. The largest absolute Gasteiger partial charge is 0.388 e. The summed E-state index contributed by atoms with van der Waals surface area (Å²) in [5, 5.41) is 14.1. The summed E-state index contributed by atoms with van der Waals surface area (Å²) in [6, 6.07) is 7.18. The van der Waals surface area contributed by atoms with E-state index in [0.29, 0.717) is 17.5 Å². The van der Waals surface area contributed by atoms with Gasteiger partial charge in [0.15, 0.2) is 0 Å². The van der Waals surface area contributed by atoms with Crippen molar-refractivity contribution in [2.24, 2.45) is 0 Å². The lowest BCUT2D eigenvalue weighted by Gasteiger charge is -2.12. The van der Waals surface area contributed by atoms with E-state index in [1.165, 1.54) is 5.56 Å². The normalized spacial score (nSPS) is 12.6. The Morgan fingerprint density at radius 2 is 2.18 bits per heavy atom. The molecule has 1 heterocycles. The zero-order chi connectivity index (χ0) is 12.3. The number of hydrogen-bond acceptors (Lipinski definition) is 2. The van der Waals surface area contributed by atoms with Crippen LogP contribution in [0.15, 0.2) is 35.0 Å². The lowest BCUT2D eigenvalue weighted by atomic mass is 10.0. The predicted octanol–water partition coefficient (Wildman–Crippen LogP) is 3.86. The minimum absolute atomic E-state index is 0.287. The maximum atomic E-state index is 13.8. The van der Waals surface area contributed by atoms with E-state index in [1.807, 2.05) is 11.4 Å². The van der Waals surface area contributed by atoms with Gasteiger partial charge in [0.05, 0.1) is 6.10 Å². The van der Waals surface area contributed by atoms with Crippen LogP contribution in [-0.4, -0.2) is 5.11 Å². The highest BCUT2D eigenvalue weighted by molar-refractivity contribution is 7.07. The molecule has 0 spiro atoms. The second-order valence-corrected chi connectivity index (χ2v) is 4.94. The minimum Gasteiger partial charge on any atom is -0.388 e. The topological polar surface area (TPSA) is 20.2 Å². The SMILES string of the molecule is Cc1cccc(C(O)CCc2ccsc2)c1F. The van der Waals surface area contributed by atoms with Gasteiger partial charge in [-0.15, -0.1) is 0 Å². The molecular weight excluding hydrogens is 235 g/mol. The van der Waals surface area contributed by atoms with Gasteiger partial charge in [-0.25, -0.2) is 4.39 Å². The van der Waals surface area contributed by atoms with E-state index < -0.39 is 6.10 Å². The number of aliphatic hydroxyl groups excluding tert-OH is 1. The van der Waals surface area contributed by atoms with Crippen LogP contribution in [0.3, 0.4) is 0 Å². The van der Waals surface area contributed by atoms with Gasteiger partial charge in [0.1, 0.15) is 5.82 Å². The zero-order valence-electron chi connectivity index (χ0n) is 9.69. The number of rotatable bonds is 4. The molecule has 1 nitrogen and oxygen atoms in total. The van der Waals surface area contributed by atoms with E-state index in [0.717, 1.165) is 6.42 Å². The molecule has 0 saturated heterocycles. The van der Waals surface area contributed by atoms with Crippen molar-refractivity contribution >= 4 is 11.3 Å². The molecule has 0 amide bonds. The van der Waals surface area contributed by atoms with Crippen molar-refractivity contribution in [3.63, 3.8) is 0 Å². The molecule has 2 aromatic rings. The second kappa shape index (κ2) is 5.43. The van der Waals surface area contributed by atoms with Crippen LogP contribution in [0.1, 0.15) is 29.2 Å². The van der Waals surface area contributed by atoms with Crippen molar-refractivity contribution in [3.05, 3.63) is 57.5 Å². The summed E-state index contributed by atoms with van der Waals surface area (Å²) in [4.78, 5) is 0. The van der Waals surface area contributed by atoms with Crippen LogP contribution in [-0.2, 0) is 6.42 Å². The van der Waals surface area contributed by atoms with Crippen LogP contribution >= 0.6 is 11.3 Å². The Hall–Kier alpha value is -1.19. The Labute approximate surface area is 105 Å². The molecule has 90 valence electrons. The monoisotopic (exact) mass is 250 g/mol. The Kier molecular flexibility index (Phi) is 3.92. The predicted molar refractivity (Wildman–Crippen MR) is 68.7 cm³/mol. The standard InChI is InChI=1S/C14H15FOS/c1-10-3-2-4-12(14(10)15)13(16)6-5-11-7-8-17-9-11/h2-4,7-9,13,16H,5-6H2,1H3. The van der Waals surface area contributed by atoms with E-state index in [9.17, 15) is 9.50 Å². The fourth-order valence-corrected chi connectivity index (χ4v) is 2.52. The number of thiophene rings is 1. The van der Waals surface area contributed by atoms with Gasteiger partial charge in [0.25, 0.3) is 0 Å². The van der Waals surface area contributed by atoms with Gasteiger partial charge in [-0.2, -0.15) is 11.3 Å². The highest BCUT2D eigenvalue weighted by Crippen LogP contribution is 2.24. The quantitative estimate of drug-likeness (QED) is 0.873. The molecule has 2 rings (SSSR count). The van der Waals surface area contributed by atoms with Crippen molar-refractivity contribution in [1.82, 2.24) is 0 Å². The fourth-order valence-electron chi connectivity index (χ4n) is 1.82. The summed E-state index contributed by atoms with van der Waals surface area (Å²) >= 11 is 1.64. The van der Waals surface area contributed by atoms with E-state index in [-0.39, 0.29) is 5.82 Å². The lowest BCUT2D eigenvalue weighted by Crippen LogP contribution is -2.03.